The Morgan fingerprint density at radius 3 is 2.82 bits per heavy atom. The van der Waals surface area contributed by atoms with E-state index in [2.05, 4.69) is 25.1 Å². The fourth-order valence-corrected chi connectivity index (χ4v) is 5.67. The van der Waals surface area contributed by atoms with Gasteiger partial charge in [0.15, 0.2) is 0 Å². The Bertz CT molecular complexity index is 584. The van der Waals surface area contributed by atoms with Gasteiger partial charge in [-0.05, 0) is 78.5 Å². The predicted molar refractivity (Wildman–Crippen MR) is 85.0 cm³/mol. The first kappa shape index (κ1) is 14.5. The second-order valence-electron chi connectivity index (χ2n) is 7.77. The third-order valence-electron chi connectivity index (χ3n) is 6.91. The number of benzene rings is 1. The second-order valence-corrected chi connectivity index (χ2v) is 7.77. The molecule has 1 aromatic rings. The third kappa shape index (κ3) is 1.88. The van der Waals surface area contributed by atoms with Gasteiger partial charge in [-0.1, -0.05) is 13.0 Å². The van der Waals surface area contributed by atoms with E-state index in [1.54, 1.807) is 7.11 Å². The van der Waals surface area contributed by atoms with Crippen LogP contribution in [0.4, 0.5) is 0 Å². The zero-order valence-corrected chi connectivity index (χ0v) is 13.5. The molecule has 3 aliphatic rings. The Morgan fingerprint density at radius 2 is 2.05 bits per heavy atom. The van der Waals surface area contributed by atoms with E-state index in [1.807, 2.05) is 0 Å². The van der Waals surface area contributed by atoms with Crippen LogP contribution in [0.15, 0.2) is 18.2 Å². The summed E-state index contributed by atoms with van der Waals surface area (Å²) in [7, 11) is 1.72. The van der Waals surface area contributed by atoms with E-state index in [9.17, 15) is 10.2 Å². The fourth-order valence-electron chi connectivity index (χ4n) is 5.67. The van der Waals surface area contributed by atoms with Crippen LogP contribution in [0.3, 0.4) is 0 Å². The average molecular weight is 302 g/mol. The zero-order chi connectivity index (χ0) is 15.5. The van der Waals surface area contributed by atoms with Crippen LogP contribution < -0.4 is 4.74 Å². The van der Waals surface area contributed by atoms with Crippen LogP contribution in [0.2, 0.25) is 0 Å². The molecular formula is C19H26O3. The molecule has 0 saturated heterocycles. The summed E-state index contributed by atoms with van der Waals surface area (Å²) >= 11 is 0. The van der Waals surface area contributed by atoms with Crippen molar-refractivity contribution in [1.29, 1.82) is 0 Å². The number of aryl methyl sites for hydroxylation is 1. The lowest BCUT2D eigenvalue weighted by Crippen LogP contribution is -2.44. The second kappa shape index (κ2) is 4.97. The van der Waals surface area contributed by atoms with Gasteiger partial charge in [-0.15, -0.1) is 0 Å². The molecule has 2 fully saturated rings. The summed E-state index contributed by atoms with van der Waals surface area (Å²) < 4.78 is 5.36. The van der Waals surface area contributed by atoms with Gasteiger partial charge >= 0.3 is 0 Å². The Hall–Kier alpha value is -1.06. The molecule has 2 saturated carbocycles. The molecule has 3 nitrogen and oxygen atoms in total. The molecule has 0 aromatic heterocycles. The van der Waals surface area contributed by atoms with E-state index in [-0.39, 0.29) is 5.41 Å². The van der Waals surface area contributed by atoms with Gasteiger partial charge in [0.2, 0.25) is 0 Å². The van der Waals surface area contributed by atoms with Gasteiger partial charge in [0.25, 0.3) is 0 Å². The van der Waals surface area contributed by atoms with E-state index in [0.29, 0.717) is 17.8 Å². The van der Waals surface area contributed by atoms with Crippen molar-refractivity contribution in [3.8, 4) is 5.75 Å². The molecule has 0 unspecified atom stereocenters. The van der Waals surface area contributed by atoms with Gasteiger partial charge in [-0.3, -0.25) is 0 Å². The number of aliphatic hydroxyl groups excluding tert-OH is 2. The molecule has 0 spiro atoms. The number of fused-ring (bicyclic) bond motifs is 5. The molecule has 120 valence electrons. The lowest BCUT2D eigenvalue weighted by Gasteiger charge is -2.49. The van der Waals surface area contributed by atoms with E-state index in [4.69, 9.17) is 4.74 Å². The van der Waals surface area contributed by atoms with E-state index >= 15 is 0 Å². The average Bonchev–Trinajstić information content (AvgIpc) is 2.77. The lowest BCUT2D eigenvalue weighted by atomic mass is 9.55. The number of methoxy groups -OCH3 is 1. The maximum Gasteiger partial charge on any atom is 0.119 e. The predicted octanol–water partition coefficient (Wildman–Crippen LogP) is 2.88. The number of aliphatic hydroxyl groups is 2. The molecule has 6 atom stereocenters. The normalized spacial score (nSPS) is 43.2. The number of rotatable bonds is 1. The summed E-state index contributed by atoms with van der Waals surface area (Å²) in [5.74, 6) is 2.59. The summed E-state index contributed by atoms with van der Waals surface area (Å²) in [6, 6.07) is 6.51. The fraction of sp³-hybridized carbons (Fsp3) is 0.684. The highest BCUT2D eigenvalue weighted by atomic mass is 16.5. The topological polar surface area (TPSA) is 49.7 Å². The van der Waals surface area contributed by atoms with Crippen molar-refractivity contribution in [2.75, 3.05) is 7.11 Å². The Balaban J connectivity index is 1.69. The van der Waals surface area contributed by atoms with Crippen molar-refractivity contribution in [3.63, 3.8) is 0 Å². The van der Waals surface area contributed by atoms with Crippen molar-refractivity contribution >= 4 is 0 Å². The lowest BCUT2D eigenvalue weighted by molar-refractivity contribution is -0.0505. The number of ether oxygens (including phenoxy) is 1. The van der Waals surface area contributed by atoms with E-state index in [1.165, 1.54) is 17.5 Å². The van der Waals surface area contributed by atoms with Crippen molar-refractivity contribution in [2.24, 2.45) is 17.3 Å². The standard InChI is InChI=1S/C19H26O3/c1-19-8-7-14-13-6-4-12(22-2)9-11(13)3-5-15(14)16(19)10-17(20)18(19)21/h4,6,9,14-18,20-21H,3,5,7-8,10H2,1-2H3/t14-,15+,16+,17+,18+,19-/m1/s1. The van der Waals surface area contributed by atoms with E-state index in [0.717, 1.165) is 31.4 Å². The van der Waals surface area contributed by atoms with Crippen molar-refractivity contribution < 1.29 is 14.9 Å². The van der Waals surface area contributed by atoms with Crippen LogP contribution in [0.25, 0.3) is 0 Å². The molecule has 0 amide bonds. The van der Waals surface area contributed by atoms with Gasteiger partial charge in [0, 0.05) is 0 Å². The first-order valence-corrected chi connectivity index (χ1v) is 8.57. The molecule has 22 heavy (non-hydrogen) atoms. The van der Waals surface area contributed by atoms with Crippen LogP contribution in [0.1, 0.15) is 49.7 Å². The summed E-state index contributed by atoms with van der Waals surface area (Å²) in [5, 5.41) is 20.6. The summed E-state index contributed by atoms with van der Waals surface area (Å²) in [4.78, 5) is 0. The highest BCUT2D eigenvalue weighted by molar-refractivity contribution is 5.40. The van der Waals surface area contributed by atoms with Crippen molar-refractivity contribution in [2.45, 2.75) is 57.2 Å². The molecular weight excluding hydrogens is 276 g/mol. The third-order valence-corrected chi connectivity index (χ3v) is 6.91. The quantitative estimate of drug-likeness (QED) is 0.838. The van der Waals surface area contributed by atoms with Crippen LogP contribution in [0, 0.1) is 17.3 Å². The first-order chi connectivity index (χ1) is 10.5. The molecule has 0 radical (unpaired) electrons. The molecule has 0 bridgehead atoms. The smallest absolute Gasteiger partial charge is 0.119 e. The van der Waals surface area contributed by atoms with Crippen LogP contribution in [0.5, 0.6) is 5.75 Å². The maximum absolute atomic E-state index is 10.4. The number of hydrogen-bond acceptors (Lipinski definition) is 3. The summed E-state index contributed by atoms with van der Waals surface area (Å²) in [6.45, 7) is 2.19. The molecule has 0 heterocycles. The summed E-state index contributed by atoms with van der Waals surface area (Å²) in [6.07, 6.45) is 4.09. The zero-order valence-electron chi connectivity index (χ0n) is 13.5. The first-order valence-electron chi connectivity index (χ1n) is 8.57. The van der Waals surface area contributed by atoms with Crippen LogP contribution in [-0.4, -0.2) is 29.5 Å². The van der Waals surface area contributed by atoms with Gasteiger partial charge < -0.3 is 14.9 Å². The van der Waals surface area contributed by atoms with Gasteiger partial charge in [-0.25, -0.2) is 0 Å². The maximum atomic E-state index is 10.4. The minimum Gasteiger partial charge on any atom is -0.497 e. The summed E-state index contributed by atoms with van der Waals surface area (Å²) in [5.41, 5.74) is 2.82. The highest BCUT2D eigenvalue weighted by Crippen LogP contribution is 2.60. The molecule has 4 rings (SSSR count). The molecule has 2 N–H and O–H groups in total. The largest absolute Gasteiger partial charge is 0.497 e. The van der Waals surface area contributed by atoms with Gasteiger partial charge in [0.1, 0.15) is 5.75 Å². The highest BCUT2D eigenvalue weighted by Gasteiger charge is 2.57. The van der Waals surface area contributed by atoms with Crippen LogP contribution >= 0.6 is 0 Å². The van der Waals surface area contributed by atoms with Gasteiger partial charge in [-0.2, -0.15) is 0 Å². The minimum atomic E-state index is -0.546. The van der Waals surface area contributed by atoms with E-state index < -0.39 is 12.2 Å². The molecule has 1 aromatic carbocycles. The molecule has 0 aliphatic heterocycles. The Labute approximate surface area is 132 Å². The number of hydrogen-bond donors (Lipinski definition) is 2. The SMILES string of the molecule is COc1ccc2c(c1)CC[C@H]1[C@@H]2CC[C@@]2(C)[C@@H](O)[C@@H](O)C[C@@H]12. The molecule has 3 heteroatoms. The minimum absolute atomic E-state index is 0.0927. The molecule has 3 aliphatic carbocycles. The monoisotopic (exact) mass is 302 g/mol. The van der Waals surface area contributed by atoms with Crippen molar-refractivity contribution in [1.82, 2.24) is 0 Å². The van der Waals surface area contributed by atoms with Crippen molar-refractivity contribution in [3.05, 3.63) is 29.3 Å². The Morgan fingerprint density at radius 1 is 1.23 bits per heavy atom. The Kier molecular flexibility index (Phi) is 3.28. The van der Waals surface area contributed by atoms with Gasteiger partial charge in [0.05, 0.1) is 19.3 Å². The van der Waals surface area contributed by atoms with Crippen LogP contribution in [-0.2, 0) is 6.42 Å².